The van der Waals surface area contributed by atoms with Crippen LogP contribution in [0.15, 0.2) is 48.6 Å². The first kappa shape index (κ1) is 48.2. The molecule has 0 aliphatic rings. The number of hydrogen-bond donors (Lipinski definition) is 1. The van der Waals surface area contributed by atoms with Gasteiger partial charge in [0.2, 0.25) is 0 Å². The molecule has 0 aliphatic heterocycles. The number of nitrogens with zero attached hydrogens (tertiary/aromatic N) is 1. The fourth-order valence-corrected chi connectivity index (χ4v) is 5.00. The molecule has 0 aliphatic carbocycles. The van der Waals surface area contributed by atoms with Crippen molar-refractivity contribution in [3.63, 3.8) is 0 Å². The number of ether oxygens (including phenoxy) is 4. The first-order valence-corrected chi connectivity index (χ1v) is 19.8. The lowest BCUT2D eigenvalue weighted by molar-refractivity contribution is -0.870. The van der Waals surface area contributed by atoms with Gasteiger partial charge in [0.1, 0.15) is 13.2 Å². The Morgan fingerprint density at radius 3 is 1.67 bits per heavy atom. The molecule has 2 atom stereocenters. The number of unbranched alkanes of at least 4 members (excludes halogenated alkanes) is 12. The number of esters is 2. The van der Waals surface area contributed by atoms with Gasteiger partial charge < -0.3 is 28.5 Å². The zero-order chi connectivity index (χ0) is 37.8. The number of hydrogen-bond acceptors (Lipinski definition) is 7. The van der Waals surface area contributed by atoms with E-state index in [1.54, 1.807) is 0 Å². The van der Waals surface area contributed by atoms with Gasteiger partial charge in [-0.1, -0.05) is 127 Å². The highest BCUT2D eigenvalue weighted by Gasteiger charge is 2.25. The monoisotopic (exact) mass is 721 g/mol. The summed E-state index contributed by atoms with van der Waals surface area (Å²) < 4.78 is 22.5. The molecule has 0 rings (SSSR count). The topological polar surface area (TPSA) is 108 Å². The Labute approximate surface area is 311 Å². The molecule has 0 saturated heterocycles. The second kappa shape index (κ2) is 34.3. The lowest BCUT2D eigenvalue weighted by Crippen LogP contribution is -2.40. The number of carboxylic acid groups (broad SMARTS) is 1. The van der Waals surface area contributed by atoms with Gasteiger partial charge in [-0.3, -0.25) is 9.59 Å². The molecule has 0 aromatic carbocycles. The van der Waals surface area contributed by atoms with Crippen molar-refractivity contribution in [2.45, 2.75) is 155 Å². The van der Waals surface area contributed by atoms with Gasteiger partial charge in [-0.2, -0.15) is 0 Å². The third kappa shape index (κ3) is 35.4. The molecule has 0 amide bonds. The van der Waals surface area contributed by atoms with E-state index in [0.717, 1.165) is 83.5 Å². The fourth-order valence-electron chi connectivity index (χ4n) is 5.00. The molecule has 2 unspecified atom stereocenters. The minimum absolute atomic E-state index is 0.184. The molecule has 0 heterocycles. The molecular weight excluding hydrogens is 646 g/mol. The summed E-state index contributed by atoms with van der Waals surface area (Å²) in [5, 5.41) is 9.55. The van der Waals surface area contributed by atoms with Gasteiger partial charge in [0.15, 0.2) is 6.10 Å². The minimum atomic E-state index is -1.51. The third-order valence-corrected chi connectivity index (χ3v) is 8.10. The summed E-state index contributed by atoms with van der Waals surface area (Å²) in [4.78, 5) is 36.6. The molecule has 9 nitrogen and oxygen atoms in total. The van der Waals surface area contributed by atoms with Crippen LogP contribution in [0.25, 0.3) is 0 Å². The van der Waals surface area contributed by atoms with E-state index >= 15 is 0 Å². The highest BCUT2D eigenvalue weighted by molar-refractivity contribution is 5.71. The lowest BCUT2D eigenvalue weighted by Gasteiger charge is -2.25. The summed E-state index contributed by atoms with van der Waals surface area (Å²) >= 11 is 0. The van der Waals surface area contributed by atoms with E-state index in [-0.39, 0.29) is 32.2 Å². The number of quaternary nitrogens is 1. The van der Waals surface area contributed by atoms with E-state index in [0.29, 0.717) is 23.9 Å². The van der Waals surface area contributed by atoms with E-state index in [4.69, 9.17) is 18.9 Å². The number of carboxylic acids is 1. The first-order valence-electron chi connectivity index (χ1n) is 19.8. The van der Waals surface area contributed by atoms with Crippen LogP contribution < -0.4 is 0 Å². The van der Waals surface area contributed by atoms with Crippen LogP contribution in [-0.4, -0.2) is 87.4 Å². The Morgan fingerprint density at radius 1 is 0.608 bits per heavy atom. The summed E-state index contributed by atoms with van der Waals surface area (Å²) in [6, 6.07) is 0. The Kier molecular flexibility index (Phi) is 32.5. The van der Waals surface area contributed by atoms with Gasteiger partial charge in [-0.05, 0) is 51.4 Å². The Morgan fingerprint density at radius 2 is 1.12 bits per heavy atom. The Balaban J connectivity index is 4.32. The van der Waals surface area contributed by atoms with Crippen LogP contribution >= 0.6 is 0 Å². The van der Waals surface area contributed by atoms with Crippen LogP contribution in [0.1, 0.15) is 142 Å². The highest BCUT2D eigenvalue weighted by atomic mass is 16.7. The number of carbonyl (C=O) groups excluding carboxylic acids is 2. The van der Waals surface area contributed by atoms with Gasteiger partial charge >= 0.3 is 17.9 Å². The fraction of sp³-hybridized carbons (Fsp3) is 0.738. The zero-order valence-corrected chi connectivity index (χ0v) is 33.0. The second-order valence-electron chi connectivity index (χ2n) is 14.2. The molecule has 0 aromatic heterocycles. The second-order valence-corrected chi connectivity index (χ2v) is 14.2. The van der Waals surface area contributed by atoms with E-state index < -0.39 is 24.3 Å². The van der Waals surface area contributed by atoms with Crippen molar-refractivity contribution in [3.05, 3.63) is 48.6 Å². The average Bonchev–Trinajstić information content (AvgIpc) is 3.08. The van der Waals surface area contributed by atoms with Crippen LogP contribution in [0.4, 0.5) is 0 Å². The number of rotatable bonds is 35. The molecule has 51 heavy (non-hydrogen) atoms. The van der Waals surface area contributed by atoms with Crippen LogP contribution in [0.3, 0.4) is 0 Å². The third-order valence-electron chi connectivity index (χ3n) is 8.10. The Hall–Kier alpha value is -2.75. The maximum atomic E-state index is 12.7. The summed E-state index contributed by atoms with van der Waals surface area (Å²) in [6.45, 7) is 4.63. The first-order chi connectivity index (χ1) is 24.6. The molecule has 0 fully saturated rings. The molecule has 0 bridgehead atoms. The van der Waals surface area contributed by atoms with Gasteiger partial charge in [0.05, 0.1) is 34.4 Å². The van der Waals surface area contributed by atoms with Gasteiger partial charge in [0, 0.05) is 12.8 Å². The van der Waals surface area contributed by atoms with Gasteiger partial charge in [-0.15, -0.1) is 0 Å². The van der Waals surface area contributed by atoms with Crippen molar-refractivity contribution in [3.8, 4) is 0 Å². The predicted octanol–water partition coefficient (Wildman–Crippen LogP) is 9.66. The number of aliphatic carboxylic acids is 1. The van der Waals surface area contributed by atoms with Crippen molar-refractivity contribution in [1.29, 1.82) is 0 Å². The van der Waals surface area contributed by atoms with Crippen LogP contribution in [-0.2, 0) is 33.3 Å². The smallest absolute Gasteiger partial charge is 0.361 e. The molecular formula is C42H74NO8+. The Bertz CT molecular complexity index is 982. The van der Waals surface area contributed by atoms with Crippen molar-refractivity contribution < 1.29 is 42.9 Å². The largest absolute Gasteiger partial charge is 0.477 e. The van der Waals surface area contributed by atoms with Gasteiger partial charge in [-0.25, -0.2) is 4.79 Å². The van der Waals surface area contributed by atoms with E-state index in [9.17, 15) is 19.5 Å². The quantitative estimate of drug-likeness (QED) is 0.0227. The van der Waals surface area contributed by atoms with Crippen molar-refractivity contribution in [2.75, 3.05) is 47.5 Å². The normalized spacial score (nSPS) is 13.5. The molecule has 0 radical (unpaired) electrons. The average molecular weight is 721 g/mol. The molecule has 0 saturated carbocycles. The molecule has 1 N–H and O–H groups in total. The van der Waals surface area contributed by atoms with Crippen molar-refractivity contribution in [1.82, 2.24) is 0 Å². The van der Waals surface area contributed by atoms with Crippen molar-refractivity contribution >= 4 is 17.9 Å². The van der Waals surface area contributed by atoms with Crippen molar-refractivity contribution in [2.24, 2.45) is 0 Å². The molecule has 294 valence electrons. The van der Waals surface area contributed by atoms with Crippen LogP contribution in [0, 0.1) is 0 Å². The number of allylic oxidation sites excluding steroid dienone is 8. The summed E-state index contributed by atoms with van der Waals surface area (Å²) in [5.41, 5.74) is 0. The summed E-state index contributed by atoms with van der Waals surface area (Å²) in [6.07, 6.45) is 35.0. The molecule has 9 heteroatoms. The maximum Gasteiger partial charge on any atom is 0.361 e. The van der Waals surface area contributed by atoms with Gasteiger partial charge in [0.25, 0.3) is 6.29 Å². The number of carbonyl (C=O) groups is 3. The lowest BCUT2D eigenvalue weighted by atomic mass is 10.1. The standard InChI is InChI=1S/C42H73NO8/c1-6-8-10-12-13-14-15-16-17-18-19-20-21-22-23-24-25-26-27-29-31-33-40(45)51-38(36-49-39(44)32-30-28-11-9-7-2)37-50-42(41(46)47)48-35-34-43(3,4)5/h8,10,13-14,16-17,19-20,38,42H,6-7,9,11-12,15,18,21-37H2,1-5H3/p+1/b10-8-,14-13-,17-16-,20-19-. The summed E-state index contributed by atoms with van der Waals surface area (Å²) in [5.74, 6) is -2.04. The zero-order valence-electron chi connectivity index (χ0n) is 33.0. The molecule has 0 aromatic rings. The van der Waals surface area contributed by atoms with Crippen LogP contribution in [0.5, 0.6) is 0 Å². The van der Waals surface area contributed by atoms with E-state index in [2.05, 4.69) is 62.5 Å². The van der Waals surface area contributed by atoms with Crippen LogP contribution in [0.2, 0.25) is 0 Å². The molecule has 0 spiro atoms. The predicted molar refractivity (Wildman–Crippen MR) is 207 cm³/mol. The summed E-state index contributed by atoms with van der Waals surface area (Å²) in [7, 11) is 5.93. The number of likely N-dealkylation sites (N-methyl/N-ethyl adjacent to an activating group) is 1. The minimum Gasteiger partial charge on any atom is -0.477 e. The van der Waals surface area contributed by atoms with E-state index in [1.165, 1.54) is 25.7 Å². The SMILES string of the molecule is CC/C=C\C/C=C\C/C=C\C/C=C\CCCCCCCCCCC(=O)OC(COC(=O)CCCCCCC)COC(OCC[N+](C)(C)C)C(=O)O. The highest BCUT2D eigenvalue weighted by Crippen LogP contribution is 2.13. The maximum absolute atomic E-state index is 12.7. The van der Waals surface area contributed by atoms with E-state index in [1.807, 2.05) is 21.1 Å².